The highest BCUT2D eigenvalue weighted by atomic mass is 16.3. The molecule has 0 radical (unpaired) electrons. The minimum absolute atomic E-state index is 0.0798. The van der Waals surface area contributed by atoms with E-state index >= 15 is 0 Å². The van der Waals surface area contributed by atoms with E-state index in [1.807, 2.05) is 0 Å². The fourth-order valence-corrected chi connectivity index (χ4v) is 5.43. The van der Waals surface area contributed by atoms with Gasteiger partial charge in [-0.05, 0) is 44.4 Å². The number of fused-ring (bicyclic) bond motifs is 4. The monoisotopic (exact) mass is 334 g/mol. The Hall–Kier alpha value is -2.16. The smallest absolute Gasteiger partial charge is 0.152 e. The van der Waals surface area contributed by atoms with E-state index in [-0.39, 0.29) is 11.6 Å². The van der Waals surface area contributed by atoms with Crippen LogP contribution in [-0.2, 0) is 12.6 Å². The summed E-state index contributed by atoms with van der Waals surface area (Å²) in [5, 5.41) is 0. The highest BCUT2D eigenvalue weighted by Gasteiger charge is 2.53. The first-order valence-electron chi connectivity index (χ1n) is 9.57. The summed E-state index contributed by atoms with van der Waals surface area (Å²) in [5.41, 5.74) is 6.62. The Morgan fingerprint density at radius 1 is 1.08 bits per heavy atom. The fraction of sp³-hybridized carbons (Fsp3) is 0.455. The van der Waals surface area contributed by atoms with Gasteiger partial charge in [-0.2, -0.15) is 0 Å². The van der Waals surface area contributed by atoms with Crippen molar-refractivity contribution in [3.8, 4) is 0 Å². The summed E-state index contributed by atoms with van der Waals surface area (Å²) in [6.07, 6.45) is 8.52. The molecule has 3 heterocycles. The molecule has 1 spiro atoms. The normalized spacial score (nSPS) is 22.0. The van der Waals surface area contributed by atoms with E-state index < -0.39 is 0 Å². The summed E-state index contributed by atoms with van der Waals surface area (Å²) in [6.45, 7) is 4.55. The Morgan fingerprint density at radius 2 is 1.84 bits per heavy atom. The van der Waals surface area contributed by atoms with Crippen molar-refractivity contribution in [1.29, 1.82) is 0 Å². The summed E-state index contributed by atoms with van der Waals surface area (Å²) in [7, 11) is 2.15. The third kappa shape index (κ3) is 1.87. The number of nitrogens with zero attached hydrogens (tertiary/aromatic N) is 2. The van der Waals surface area contributed by atoms with Crippen LogP contribution in [-0.4, -0.2) is 4.57 Å². The second-order valence-electron chi connectivity index (χ2n) is 7.91. The summed E-state index contributed by atoms with van der Waals surface area (Å²) >= 11 is 0. The Morgan fingerprint density at radius 3 is 2.60 bits per heavy atom. The van der Waals surface area contributed by atoms with Gasteiger partial charge >= 0.3 is 0 Å². The summed E-state index contributed by atoms with van der Waals surface area (Å²) in [5.74, 6) is 1.19. The minimum atomic E-state index is 0.0798. The molecule has 0 amide bonds. The van der Waals surface area contributed by atoms with Crippen LogP contribution in [0.5, 0.6) is 0 Å². The van der Waals surface area contributed by atoms with E-state index in [1.165, 1.54) is 60.2 Å². The molecular formula is C22H26N2O. The molecule has 1 aliphatic carbocycles. The fourth-order valence-electron chi connectivity index (χ4n) is 5.43. The number of benzene rings is 1. The molecule has 1 aromatic carbocycles. The van der Waals surface area contributed by atoms with Gasteiger partial charge < -0.3 is 13.9 Å². The van der Waals surface area contributed by atoms with Gasteiger partial charge in [-0.25, -0.2) is 0 Å². The van der Waals surface area contributed by atoms with E-state index in [9.17, 15) is 0 Å². The van der Waals surface area contributed by atoms with Crippen molar-refractivity contribution in [3.63, 3.8) is 0 Å². The van der Waals surface area contributed by atoms with Crippen LogP contribution in [0.4, 0.5) is 5.69 Å². The average Bonchev–Trinajstić information content (AvgIpc) is 3.23. The molecule has 0 saturated heterocycles. The number of para-hydroxylation sites is 1. The molecular weight excluding hydrogens is 308 g/mol. The highest BCUT2D eigenvalue weighted by molar-refractivity contribution is 5.84. The predicted molar refractivity (Wildman–Crippen MR) is 102 cm³/mol. The molecule has 130 valence electrons. The molecule has 1 saturated carbocycles. The van der Waals surface area contributed by atoms with Gasteiger partial charge in [0.1, 0.15) is 5.76 Å². The maximum Gasteiger partial charge on any atom is 0.152 e. The number of aromatic nitrogens is 1. The van der Waals surface area contributed by atoms with E-state index in [4.69, 9.17) is 4.42 Å². The third-order valence-corrected chi connectivity index (χ3v) is 6.49. The van der Waals surface area contributed by atoms with Crippen LogP contribution < -0.4 is 4.90 Å². The van der Waals surface area contributed by atoms with Gasteiger partial charge in [-0.3, -0.25) is 0 Å². The van der Waals surface area contributed by atoms with Crippen molar-refractivity contribution < 1.29 is 4.42 Å². The lowest BCUT2D eigenvalue weighted by molar-refractivity contribution is 0.284. The molecule has 1 aliphatic heterocycles. The van der Waals surface area contributed by atoms with Crippen LogP contribution >= 0.6 is 0 Å². The lowest BCUT2D eigenvalue weighted by Gasteiger charge is -2.45. The van der Waals surface area contributed by atoms with Crippen molar-refractivity contribution in [2.24, 2.45) is 7.05 Å². The molecule has 2 aromatic heterocycles. The maximum absolute atomic E-state index is 6.40. The van der Waals surface area contributed by atoms with Crippen molar-refractivity contribution in [3.05, 3.63) is 53.4 Å². The van der Waals surface area contributed by atoms with Crippen LogP contribution in [0.3, 0.4) is 0 Å². The number of hydrogen-bond acceptors (Lipinski definition) is 2. The van der Waals surface area contributed by atoms with Crippen molar-refractivity contribution in [2.75, 3.05) is 4.90 Å². The zero-order valence-electron chi connectivity index (χ0n) is 15.4. The SMILES string of the molecule is Cc1ccccc1N1[C@@H](C)c2oc3ccn(C)c3c2C12CCCCC2. The Bertz CT molecular complexity index is 942. The van der Waals surface area contributed by atoms with E-state index in [0.717, 1.165) is 5.58 Å². The standard InChI is InChI=1S/C22H26N2O/c1-15-9-5-6-10-17(15)24-16(2)21-19(22(24)12-7-4-8-13-22)20-18(25-21)11-14-23(20)3/h5-6,9-11,14,16H,4,7-8,12-13H2,1-3H3/t16-/m0/s1. The van der Waals surface area contributed by atoms with Gasteiger partial charge in [-0.1, -0.05) is 37.5 Å². The van der Waals surface area contributed by atoms with Crippen LogP contribution in [0.2, 0.25) is 0 Å². The second-order valence-corrected chi connectivity index (χ2v) is 7.91. The zero-order valence-corrected chi connectivity index (χ0v) is 15.4. The molecule has 0 unspecified atom stereocenters. The second kappa shape index (κ2) is 5.17. The number of aryl methyl sites for hydroxylation is 2. The number of rotatable bonds is 1. The Balaban J connectivity index is 1.80. The molecule has 1 fully saturated rings. The lowest BCUT2D eigenvalue weighted by Crippen LogP contribution is -2.44. The Labute approximate surface area is 149 Å². The first-order chi connectivity index (χ1) is 12.1. The molecule has 2 aliphatic rings. The summed E-state index contributed by atoms with van der Waals surface area (Å²) < 4.78 is 8.65. The first-order valence-corrected chi connectivity index (χ1v) is 9.57. The molecule has 3 nitrogen and oxygen atoms in total. The largest absolute Gasteiger partial charge is 0.457 e. The molecule has 25 heavy (non-hydrogen) atoms. The first kappa shape index (κ1) is 15.1. The van der Waals surface area contributed by atoms with Gasteiger partial charge in [-0.15, -0.1) is 0 Å². The third-order valence-electron chi connectivity index (χ3n) is 6.49. The molecule has 3 heteroatoms. The molecule has 5 rings (SSSR count). The number of anilines is 1. The Kier molecular flexibility index (Phi) is 3.13. The quantitative estimate of drug-likeness (QED) is 0.559. The van der Waals surface area contributed by atoms with Crippen molar-refractivity contribution in [2.45, 2.75) is 57.5 Å². The van der Waals surface area contributed by atoms with Crippen LogP contribution in [0.15, 0.2) is 40.9 Å². The molecule has 0 bridgehead atoms. The lowest BCUT2D eigenvalue weighted by atomic mass is 9.76. The average molecular weight is 334 g/mol. The number of hydrogen-bond donors (Lipinski definition) is 0. The van der Waals surface area contributed by atoms with Gasteiger partial charge in [0.05, 0.1) is 17.1 Å². The summed E-state index contributed by atoms with van der Waals surface area (Å²) in [6, 6.07) is 11.2. The minimum Gasteiger partial charge on any atom is -0.457 e. The maximum atomic E-state index is 6.40. The topological polar surface area (TPSA) is 21.3 Å². The van der Waals surface area contributed by atoms with Crippen LogP contribution in [0, 0.1) is 6.92 Å². The summed E-state index contributed by atoms with van der Waals surface area (Å²) in [4.78, 5) is 2.68. The molecule has 1 atom stereocenters. The van der Waals surface area contributed by atoms with Gasteiger partial charge in [0.2, 0.25) is 0 Å². The van der Waals surface area contributed by atoms with Crippen LogP contribution in [0.1, 0.15) is 62.0 Å². The molecule has 0 N–H and O–H groups in total. The van der Waals surface area contributed by atoms with Gasteiger partial charge in [0.25, 0.3) is 0 Å². The van der Waals surface area contributed by atoms with E-state index in [1.54, 1.807) is 0 Å². The highest BCUT2D eigenvalue weighted by Crippen LogP contribution is 2.58. The van der Waals surface area contributed by atoms with E-state index in [0.29, 0.717) is 0 Å². The number of furan rings is 1. The molecule has 3 aromatic rings. The van der Waals surface area contributed by atoms with Gasteiger partial charge in [0.15, 0.2) is 5.58 Å². The van der Waals surface area contributed by atoms with Crippen molar-refractivity contribution >= 4 is 16.8 Å². The van der Waals surface area contributed by atoms with E-state index in [2.05, 4.69) is 66.9 Å². The van der Waals surface area contributed by atoms with Crippen LogP contribution in [0.25, 0.3) is 11.1 Å². The van der Waals surface area contributed by atoms with Gasteiger partial charge in [0, 0.05) is 24.5 Å². The zero-order chi connectivity index (χ0) is 17.2. The predicted octanol–water partition coefficient (Wildman–Crippen LogP) is 5.82. The van der Waals surface area contributed by atoms with Crippen molar-refractivity contribution in [1.82, 2.24) is 4.57 Å².